The second-order valence-electron chi connectivity index (χ2n) is 3.72. The molecule has 18 heavy (non-hydrogen) atoms. The van der Waals surface area contributed by atoms with Gasteiger partial charge in [0.1, 0.15) is 6.04 Å². The van der Waals surface area contributed by atoms with Gasteiger partial charge in [-0.05, 0) is 5.92 Å². The van der Waals surface area contributed by atoms with Crippen LogP contribution in [0.1, 0.15) is 20.3 Å². The lowest BCUT2D eigenvalue weighted by molar-refractivity contribution is -0.160. The number of ether oxygens (including phenoxy) is 2. The molecule has 1 amide bonds. The zero-order valence-corrected chi connectivity index (χ0v) is 10.3. The van der Waals surface area contributed by atoms with Gasteiger partial charge in [-0.3, -0.25) is 0 Å². The van der Waals surface area contributed by atoms with Crippen molar-refractivity contribution in [2.24, 2.45) is 5.92 Å². The molecule has 0 radical (unpaired) electrons. The number of hydrogen-bond acceptors (Lipinski definition) is 4. The Labute approximate surface area is 103 Å². The Morgan fingerprint density at radius 2 is 1.89 bits per heavy atom. The number of rotatable bonds is 5. The molecule has 0 saturated heterocycles. The molecule has 0 fully saturated rings. The highest BCUT2D eigenvalue weighted by molar-refractivity contribution is 5.81. The highest BCUT2D eigenvalue weighted by atomic mass is 19.4. The summed E-state index contributed by atoms with van der Waals surface area (Å²) in [6.45, 7) is 1.72. The van der Waals surface area contributed by atoms with E-state index < -0.39 is 30.9 Å². The van der Waals surface area contributed by atoms with Crippen LogP contribution in [0.4, 0.5) is 18.0 Å². The third-order valence-electron chi connectivity index (χ3n) is 2.31. The van der Waals surface area contributed by atoms with E-state index in [4.69, 9.17) is 0 Å². The summed E-state index contributed by atoms with van der Waals surface area (Å²) in [5.74, 6) is -1.01. The standard InChI is InChI=1S/C10H16F3NO4/c1-4-6(2)7(8(15)17-3)14-9(16)18-5-10(11,12)13/h6-7H,4-5H2,1-3H3,(H,14,16). The molecule has 0 aliphatic heterocycles. The first-order valence-electron chi connectivity index (χ1n) is 5.29. The number of methoxy groups -OCH3 is 1. The normalized spacial score (nSPS) is 14.6. The monoisotopic (exact) mass is 271 g/mol. The minimum atomic E-state index is -4.60. The Hall–Kier alpha value is -1.47. The summed E-state index contributed by atoms with van der Waals surface area (Å²) in [6, 6.07) is -1.03. The molecule has 0 aromatic rings. The van der Waals surface area contributed by atoms with E-state index in [1.165, 1.54) is 0 Å². The van der Waals surface area contributed by atoms with Crippen LogP contribution in [-0.4, -0.2) is 38.0 Å². The van der Waals surface area contributed by atoms with Gasteiger partial charge in [-0.2, -0.15) is 13.2 Å². The van der Waals surface area contributed by atoms with Crippen LogP contribution >= 0.6 is 0 Å². The van der Waals surface area contributed by atoms with Gasteiger partial charge in [0, 0.05) is 0 Å². The Morgan fingerprint density at radius 1 is 1.33 bits per heavy atom. The van der Waals surface area contributed by atoms with E-state index in [0.29, 0.717) is 6.42 Å². The molecule has 0 aromatic carbocycles. The molecule has 2 unspecified atom stereocenters. The van der Waals surface area contributed by atoms with Crippen molar-refractivity contribution in [3.63, 3.8) is 0 Å². The SMILES string of the molecule is CCC(C)C(NC(=O)OCC(F)(F)F)C(=O)OC. The topological polar surface area (TPSA) is 64.6 Å². The van der Waals surface area contributed by atoms with E-state index in [2.05, 4.69) is 14.8 Å². The maximum Gasteiger partial charge on any atom is 0.422 e. The number of alkyl carbamates (subject to hydrolysis) is 1. The Bertz CT molecular complexity index is 293. The Balaban J connectivity index is 4.41. The first kappa shape index (κ1) is 16.5. The van der Waals surface area contributed by atoms with Crippen molar-refractivity contribution >= 4 is 12.1 Å². The van der Waals surface area contributed by atoms with Crippen molar-refractivity contribution < 1.29 is 32.2 Å². The zero-order chi connectivity index (χ0) is 14.3. The number of halogens is 3. The predicted molar refractivity (Wildman–Crippen MR) is 55.8 cm³/mol. The lowest BCUT2D eigenvalue weighted by Gasteiger charge is -2.21. The van der Waals surface area contributed by atoms with Crippen LogP contribution in [0.15, 0.2) is 0 Å². The van der Waals surface area contributed by atoms with Crippen LogP contribution in [0.5, 0.6) is 0 Å². The maximum absolute atomic E-state index is 11.8. The van der Waals surface area contributed by atoms with Gasteiger partial charge in [0.05, 0.1) is 7.11 Å². The summed E-state index contributed by atoms with van der Waals surface area (Å²) in [7, 11) is 1.13. The summed E-state index contributed by atoms with van der Waals surface area (Å²) in [5, 5.41) is 2.06. The van der Waals surface area contributed by atoms with Gasteiger partial charge in [-0.1, -0.05) is 20.3 Å². The molecule has 0 spiro atoms. The highest BCUT2D eigenvalue weighted by Crippen LogP contribution is 2.15. The quantitative estimate of drug-likeness (QED) is 0.775. The largest absolute Gasteiger partial charge is 0.467 e. The second-order valence-corrected chi connectivity index (χ2v) is 3.72. The molecule has 0 heterocycles. The summed E-state index contributed by atoms with van der Waals surface area (Å²) < 4.78 is 43.8. The molecular weight excluding hydrogens is 255 g/mol. The molecule has 2 atom stereocenters. The summed E-state index contributed by atoms with van der Waals surface area (Å²) in [5.41, 5.74) is 0. The van der Waals surface area contributed by atoms with E-state index in [1.54, 1.807) is 13.8 Å². The van der Waals surface area contributed by atoms with E-state index in [0.717, 1.165) is 7.11 Å². The van der Waals surface area contributed by atoms with E-state index in [1.807, 2.05) is 0 Å². The number of nitrogens with one attached hydrogen (secondary N) is 1. The first-order chi connectivity index (χ1) is 8.21. The molecule has 0 rings (SSSR count). The molecule has 8 heteroatoms. The molecular formula is C10H16F3NO4. The van der Waals surface area contributed by atoms with Crippen LogP contribution in [0, 0.1) is 5.92 Å². The molecule has 1 N–H and O–H groups in total. The highest BCUT2D eigenvalue weighted by Gasteiger charge is 2.32. The third-order valence-corrected chi connectivity index (χ3v) is 2.31. The average molecular weight is 271 g/mol. The number of esters is 1. The van der Waals surface area contributed by atoms with Gasteiger partial charge in [0.25, 0.3) is 0 Å². The summed E-state index contributed by atoms with van der Waals surface area (Å²) in [4.78, 5) is 22.4. The van der Waals surface area contributed by atoms with Crippen molar-refractivity contribution in [3.8, 4) is 0 Å². The van der Waals surface area contributed by atoms with E-state index >= 15 is 0 Å². The molecule has 0 aliphatic carbocycles. The van der Waals surface area contributed by atoms with Gasteiger partial charge in [0.2, 0.25) is 0 Å². The number of carbonyl (C=O) groups excluding carboxylic acids is 2. The third kappa shape index (κ3) is 6.31. The minimum absolute atomic E-state index is 0.282. The van der Waals surface area contributed by atoms with Crippen molar-refractivity contribution in [1.82, 2.24) is 5.32 Å². The van der Waals surface area contributed by atoms with Crippen molar-refractivity contribution in [3.05, 3.63) is 0 Å². The zero-order valence-electron chi connectivity index (χ0n) is 10.3. The van der Waals surface area contributed by atoms with Crippen molar-refractivity contribution in [1.29, 1.82) is 0 Å². The van der Waals surface area contributed by atoms with Crippen molar-refractivity contribution in [2.75, 3.05) is 13.7 Å². The lowest BCUT2D eigenvalue weighted by atomic mass is 9.99. The van der Waals surface area contributed by atoms with Crippen LogP contribution in [0.25, 0.3) is 0 Å². The number of carbonyl (C=O) groups is 2. The van der Waals surface area contributed by atoms with Gasteiger partial charge < -0.3 is 14.8 Å². The fourth-order valence-electron chi connectivity index (χ4n) is 1.11. The molecule has 0 aliphatic rings. The maximum atomic E-state index is 11.8. The van der Waals surface area contributed by atoms with Gasteiger partial charge >= 0.3 is 18.2 Å². The van der Waals surface area contributed by atoms with Crippen LogP contribution < -0.4 is 5.32 Å². The van der Waals surface area contributed by atoms with Gasteiger partial charge in [-0.15, -0.1) is 0 Å². The molecule has 0 aromatic heterocycles. The average Bonchev–Trinajstić information content (AvgIpc) is 2.30. The lowest BCUT2D eigenvalue weighted by Crippen LogP contribution is -2.46. The minimum Gasteiger partial charge on any atom is -0.467 e. The Morgan fingerprint density at radius 3 is 2.28 bits per heavy atom. The van der Waals surface area contributed by atoms with Crippen molar-refractivity contribution in [2.45, 2.75) is 32.5 Å². The first-order valence-corrected chi connectivity index (χ1v) is 5.29. The number of amides is 1. The molecule has 0 saturated carbocycles. The number of hydrogen-bond donors (Lipinski definition) is 1. The van der Waals surface area contributed by atoms with Crippen LogP contribution in [0.3, 0.4) is 0 Å². The number of alkyl halides is 3. The van der Waals surface area contributed by atoms with E-state index in [9.17, 15) is 22.8 Å². The summed E-state index contributed by atoms with van der Waals surface area (Å²) >= 11 is 0. The van der Waals surface area contributed by atoms with E-state index in [-0.39, 0.29) is 5.92 Å². The Kier molecular flexibility index (Phi) is 6.50. The van der Waals surface area contributed by atoms with Crippen LogP contribution in [-0.2, 0) is 14.3 Å². The van der Waals surface area contributed by atoms with Gasteiger partial charge in [0.15, 0.2) is 6.61 Å². The molecule has 106 valence electrons. The fourth-order valence-corrected chi connectivity index (χ4v) is 1.11. The molecule has 0 bridgehead atoms. The smallest absolute Gasteiger partial charge is 0.422 e. The fraction of sp³-hybridized carbons (Fsp3) is 0.800. The molecule has 5 nitrogen and oxygen atoms in total. The summed E-state index contributed by atoms with van der Waals surface area (Å²) in [6.07, 6.45) is -5.36. The predicted octanol–water partition coefficient (Wildman–Crippen LogP) is 1.86. The van der Waals surface area contributed by atoms with Gasteiger partial charge in [-0.25, -0.2) is 9.59 Å². The van der Waals surface area contributed by atoms with Crippen LogP contribution in [0.2, 0.25) is 0 Å². The second kappa shape index (κ2) is 7.07.